The van der Waals surface area contributed by atoms with Crippen molar-refractivity contribution in [2.75, 3.05) is 5.32 Å². The first-order chi connectivity index (χ1) is 14.8. The summed E-state index contributed by atoms with van der Waals surface area (Å²) in [6.07, 6.45) is 5.39. The van der Waals surface area contributed by atoms with Crippen molar-refractivity contribution in [2.24, 2.45) is 0 Å². The number of pyridine rings is 1. The lowest BCUT2D eigenvalue weighted by molar-refractivity contribution is 0.306. The number of rotatable bonds is 6. The van der Waals surface area contributed by atoms with Crippen LogP contribution in [0.2, 0.25) is 0 Å². The summed E-state index contributed by atoms with van der Waals surface area (Å²) in [6.45, 7) is 0.505. The first-order valence-electron chi connectivity index (χ1n) is 9.76. The minimum absolute atomic E-state index is 0.505. The van der Waals surface area contributed by atoms with Gasteiger partial charge in [-0.1, -0.05) is 48.5 Å². The van der Waals surface area contributed by atoms with E-state index in [0.29, 0.717) is 6.61 Å². The van der Waals surface area contributed by atoms with Crippen LogP contribution in [0.5, 0.6) is 5.75 Å². The molecule has 0 atom stereocenters. The van der Waals surface area contributed by atoms with Gasteiger partial charge < -0.3 is 10.1 Å². The third kappa shape index (κ3) is 3.86. The predicted octanol–water partition coefficient (Wildman–Crippen LogP) is 5.95. The largest absolute Gasteiger partial charge is 0.489 e. The molecule has 0 unspecified atom stereocenters. The molecule has 30 heavy (non-hydrogen) atoms. The van der Waals surface area contributed by atoms with Gasteiger partial charge in [0.2, 0.25) is 0 Å². The molecule has 5 aromatic rings. The highest BCUT2D eigenvalue weighted by Crippen LogP contribution is 2.33. The lowest BCUT2D eigenvalue weighted by atomic mass is 10.0. The van der Waals surface area contributed by atoms with Crippen LogP contribution in [-0.4, -0.2) is 15.2 Å². The van der Waals surface area contributed by atoms with Gasteiger partial charge in [-0.3, -0.25) is 10.1 Å². The number of hydrogen-bond acceptors (Lipinski definition) is 4. The molecule has 0 aliphatic carbocycles. The van der Waals surface area contributed by atoms with Crippen LogP contribution in [0.4, 0.5) is 11.4 Å². The lowest BCUT2D eigenvalue weighted by Crippen LogP contribution is -1.97. The van der Waals surface area contributed by atoms with Crippen molar-refractivity contribution >= 4 is 22.3 Å². The van der Waals surface area contributed by atoms with Crippen LogP contribution in [-0.2, 0) is 6.61 Å². The Balaban J connectivity index is 1.53. The maximum atomic E-state index is 6.14. The van der Waals surface area contributed by atoms with Crippen molar-refractivity contribution in [3.8, 4) is 16.9 Å². The SMILES string of the molecule is c1ccc(COc2cc(Nc3cccnc3)cc(-c3cccc4cn[nH]c34)c2)cc1. The van der Waals surface area contributed by atoms with Gasteiger partial charge >= 0.3 is 0 Å². The quantitative estimate of drug-likeness (QED) is 0.375. The highest BCUT2D eigenvalue weighted by atomic mass is 16.5. The van der Waals surface area contributed by atoms with Crippen LogP contribution < -0.4 is 10.1 Å². The number of fused-ring (bicyclic) bond motifs is 1. The normalized spacial score (nSPS) is 10.8. The molecule has 0 aliphatic heterocycles. The van der Waals surface area contributed by atoms with Crippen LogP contribution in [0.25, 0.3) is 22.0 Å². The van der Waals surface area contributed by atoms with Crippen molar-refractivity contribution in [3.05, 3.63) is 103 Å². The summed E-state index contributed by atoms with van der Waals surface area (Å²) < 4.78 is 6.14. The van der Waals surface area contributed by atoms with E-state index in [1.807, 2.05) is 54.7 Å². The van der Waals surface area contributed by atoms with Gasteiger partial charge in [-0.15, -0.1) is 0 Å². The summed E-state index contributed by atoms with van der Waals surface area (Å²) in [7, 11) is 0. The Labute approximate surface area is 174 Å². The Hall–Kier alpha value is -4.12. The Bertz CT molecular complexity index is 1270. The second kappa shape index (κ2) is 8.09. The zero-order valence-corrected chi connectivity index (χ0v) is 16.2. The topological polar surface area (TPSA) is 62.8 Å². The molecule has 5 rings (SSSR count). The molecule has 0 saturated heterocycles. The number of nitrogens with zero attached hydrogens (tertiary/aromatic N) is 2. The predicted molar refractivity (Wildman–Crippen MR) is 120 cm³/mol. The standard InChI is InChI=1S/C25H20N4O/c1-2-6-18(7-3-1)17-30-23-13-20(24-10-4-8-19-15-27-29-25(19)24)12-22(14-23)28-21-9-5-11-26-16-21/h1-16,28H,17H2,(H,27,29). The van der Waals surface area contributed by atoms with Gasteiger partial charge in [0.25, 0.3) is 0 Å². The number of hydrogen-bond donors (Lipinski definition) is 2. The van der Waals surface area contributed by atoms with E-state index in [-0.39, 0.29) is 0 Å². The highest BCUT2D eigenvalue weighted by Gasteiger charge is 2.10. The van der Waals surface area contributed by atoms with Crippen LogP contribution >= 0.6 is 0 Å². The molecule has 2 N–H and O–H groups in total. The molecule has 0 aliphatic rings. The number of benzene rings is 3. The fraction of sp³-hybridized carbons (Fsp3) is 0.0400. The smallest absolute Gasteiger partial charge is 0.122 e. The number of aromatic amines is 1. The first-order valence-corrected chi connectivity index (χ1v) is 9.76. The average molecular weight is 392 g/mol. The summed E-state index contributed by atoms with van der Waals surface area (Å²) in [5.74, 6) is 0.791. The van der Waals surface area contributed by atoms with Gasteiger partial charge in [-0.05, 0) is 35.4 Å². The molecule has 2 heterocycles. The molecular weight excluding hydrogens is 372 g/mol. The molecule has 0 radical (unpaired) electrons. The Morgan fingerprint density at radius 2 is 1.77 bits per heavy atom. The van der Waals surface area contributed by atoms with E-state index in [1.54, 1.807) is 12.4 Å². The molecule has 0 saturated carbocycles. The van der Waals surface area contributed by atoms with Crippen molar-refractivity contribution in [3.63, 3.8) is 0 Å². The molecule has 146 valence electrons. The van der Waals surface area contributed by atoms with Crippen molar-refractivity contribution < 1.29 is 4.74 Å². The van der Waals surface area contributed by atoms with E-state index in [4.69, 9.17) is 4.74 Å². The van der Waals surface area contributed by atoms with Crippen molar-refractivity contribution in [1.82, 2.24) is 15.2 Å². The molecule has 0 fully saturated rings. The van der Waals surface area contributed by atoms with E-state index < -0.39 is 0 Å². The summed E-state index contributed by atoms with van der Waals surface area (Å²) in [6, 6.07) is 26.4. The average Bonchev–Trinajstić information content (AvgIpc) is 3.28. The minimum atomic E-state index is 0.505. The summed E-state index contributed by atoms with van der Waals surface area (Å²) >= 11 is 0. The number of H-pyrrole nitrogens is 1. The van der Waals surface area contributed by atoms with Gasteiger partial charge in [0.1, 0.15) is 12.4 Å². The number of anilines is 2. The molecule has 0 amide bonds. The van der Waals surface area contributed by atoms with E-state index in [1.165, 1.54) is 0 Å². The fourth-order valence-corrected chi connectivity index (χ4v) is 3.46. The lowest BCUT2D eigenvalue weighted by Gasteiger charge is -2.14. The minimum Gasteiger partial charge on any atom is -0.489 e. The molecule has 5 nitrogen and oxygen atoms in total. The number of para-hydroxylation sites is 1. The molecular formula is C25H20N4O. The Kier molecular flexibility index (Phi) is 4.84. The van der Waals surface area contributed by atoms with E-state index in [0.717, 1.165) is 44.7 Å². The summed E-state index contributed by atoms with van der Waals surface area (Å²) in [5, 5.41) is 11.8. The number of nitrogens with one attached hydrogen (secondary N) is 2. The summed E-state index contributed by atoms with van der Waals surface area (Å²) in [4.78, 5) is 4.19. The third-order valence-electron chi connectivity index (χ3n) is 4.89. The van der Waals surface area contributed by atoms with Crippen LogP contribution in [0.3, 0.4) is 0 Å². The highest BCUT2D eigenvalue weighted by molar-refractivity contribution is 5.94. The zero-order valence-electron chi connectivity index (χ0n) is 16.2. The maximum absolute atomic E-state index is 6.14. The van der Waals surface area contributed by atoms with E-state index >= 15 is 0 Å². The second-order valence-corrected chi connectivity index (χ2v) is 7.03. The summed E-state index contributed by atoms with van der Waals surface area (Å²) in [5.41, 5.74) is 6.10. The fourth-order valence-electron chi connectivity index (χ4n) is 3.46. The molecule has 5 heteroatoms. The monoisotopic (exact) mass is 392 g/mol. The van der Waals surface area contributed by atoms with Crippen molar-refractivity contribution in [1.29, 1.82) is 0 Å². The van der Waals surface area contributed by atoms with Crippen LogP contribution in [0.15, 0.2) is 97.5 Å². The Morgan fingerprint density at radius 3 is 2.63 bits per heavy atom. The zero-order chi connectivity index (χ0) is 20.2. The molecule has 0 bridgehead atoms. The Morgan fingerprint density at radius 1 is 0.833 bits per heavy atom. The van der Waals surface area contributed by atoms with E-state index in [2.05, 4.69) is 50.8 Å². The number of ether oxygens (including phenoxy) is 1. The third-order valence-corrected chi connectivity index (χ3v) is 4.89. The number of aromatic nitrogens is 3. The van der Waals surface area contributed by atoms with Gasteiger partial charge in [0.05, 0.1) is 23.6 Å². The first kappa shape index (κ1) is 17.9. The van der Waals surface area contributed by atoms with Gasteiger partial charge in [-0.25, -0.2) is 0 Å². The van der Waals surface area contributed by atoms with Crippen molar-refractivity contribution in [2.45, 2.75) is 6.61 Å². The van der Waals surface area contributed by atoms with Crippen LogP contribution in [0.1, 0.15) is 5.56 Å². The van der Waals surface area contributed by atoms with Gasteiger partial charge in [0.15, 0.2) is 0 Å². The van der Waals surface area contributed by atoms with Crippen LogP contribution in [0, 0.1) is 0 Å². The van der Waals surface area contributed by atoms with E-state index in [9.17, 15) is 0 Å². The molecule has 3 aromatic carbocycles. The second-order valence-electron chi connectivity index (χ2n) is 7.03. The molecule has 0 spiro atoms. The van der Waals surface area contributed by atoms with Gasteiger partial charge in [0, 0.05) is 28.9 Å². The van der Waals surface area contributed by atoms with Gasteiger partial charge in [-0.2, -0.15) is 5.10 Å². The maximum Gasteiger partial charge on any atom is 0.122 e. The molecule has 2 aromatic heterocycles.